The minimum absolute atomic E-state index is 0.109. The minimum Gasteiger partial charge on any atom is -0.507 e. The summed E-state index contributed by atoms with van der Waals surface area (Å²) in [4.78, 5) is 0. The molecule has 0 bridgehead atoms. The van der Waals surface area contributed by atoms with E-state index in [9.17, 15) is 5.11 Å². The number of hydrogen-bond donors (Lipinski definition) is 3. The van der Waals surface area contributed by atoms with Crippen LogP contribution in [-0.2, 0) is 6.54 Å². The first-order valence-electron chi connectivity index (χ1n) is 7.75. The molecule has 0 atom stereocenters. The molecule has 0 spiro atoms. The van der Waals surface area contributed by atoms with E-state index in [1.807, 2.05) is 37.3 Å². The van der Waals surface area contributed by atoms with Crippen LogP contribution in [0.4, 0.5) is 0 Å². The topological polar surface area (TPSA) is 65.9 Å². The van der Waals surface area contributed by atoms with E-state index >= 15 is 0 Å². The quantitative estimate of drug-likeness (QED) is 0.409. The van der Waals surface area contributed by atoms with Gasteiger partial charge in [-0.2, -0.15) is 5.10 Å². The van der Waals surface area contributed by atoms with Gasteiger partial charge in [0.25, 0.3) is 0 Å². The lowest BCUT2D eigenvalue weighted by Gasteiger charge is -2.07. The Morgan fingerprint density at radius 1 is 1.25 bits per heavy atom. The van der Waals surface area contributed by atoms with Gasteiger partial charge in [-0.1, -0.05) is 37.3 Å². The van der Waals surface area contributed by atoms with Gasteiger partial charge in [0.15, 0.2) is 5.11 Å². The highest BCUT2D eigenvalue weighted by molar-refractivity contribution is 7.80. The number of hydrazone groups is 1. The van der Waals surface area contributed by atoms with Crippen LogP contribution < -0.4 is 15.5 Å². The lowest BCUT2D eigenvalue weighted by atomic mass is 10.2. The Balaban J connectivity index is 1.81. The van der Waals surface area contributed by atoms with Gasteiger partial charge >= 0.3 is 0 Å². The molecule has 3 N–H and O–H groups in total. The summed E-state index contributed by atoms with van der Waals surface area (Å²) in [5, 5.41) is 17.5. The van der Waals surface area contributed by atoms with Crippen molar-refractivity contribution in [1.29, 1.82) is 0 Å². The van der Waals surface area contributed by atoms with E-state index in [-0.39, 0.29) is 5.75 Å². The number of nitrogens with zero attached hydrogens (tertiary/aromatic N) is 1. The average Bonchev–Trinajstić information content (AvgIpc) is 2.60. The van der Waals surface area contributed by atoms with Crippen LogP contribution in [0.1, 0.15) is 24.5 Å². The van der Waals surface area contributed by atoms with E-state index in [4.69, 9.17) is 17.0 Å². The standard InChI is InChI=1S/C18H21N3O2S/c1-2-10-23-16-9-8-15(17(22)11-16)13-20-21-18(24)19-12-14-6-4-3-5-7-14/h3-9,11,13,22H,2,10,12H2,1H3,(H2,19,21,24). The maximum absolute atomic E-state index is 9.96. The van der Waals surface area contributed by atoms with Crippen molar-refractivity contribution < 1.29 is 9.84 Å². The van der Waals surface area contributed by atoms with Crippen LogP contribution in [-0.4, -0.2) is 23.0 Å². The van der Waals surface area contributed by atoms with Gasteiger partial charge in [-0.3, -0.25) is 5.43 Å². The molecule has 0 unspecified atom stereocenters. The molecule has 0 heterocycles. The molecule has 0 saturated heterocycles. The number of aromatic hydroxyl groups is 1. The Bertz CT molecular complexity index is 690. The van der Waals surface area contributed by atoms with Crippen molar-refractivity contribution in [2.24, 2.45) is 5.10 Å². The van der Waals surface area contributed by atoms with Crippen molar-refractivity contribution in [3.05, 3.63) is 59.7 Å². The first kappa shape index (κ1) is 17.7. The lowest BCUT2D eigenvalue weighted by molar-refractivity contribution is 0.315. The van der Waals surface area contributed by atoms with Crippen molar-refractivity contribution in [1.82, 2.24) is 10.7 Å². The van der Waals surface area contributed by atoms with Crippen LogP contribution >= 0.6 is 12.2 Å². The number of benzene rings is 2. The number of phenolic OH excluding ortho intramolecular Hbond substituents is 1. The Morgan fingerprint density at radius 2 is 2.04 bits per heavy atom. The fourth-order valence-electron chi connectivity index (χ4n) is 1.92. The van der Waals surface area contributed by atoms with E-state index in [1.165, 1.54) is 6.21 Å². The SMILES string of the molecule is CCCOc1ccc(C=NNC(=S)NCc2ccccc2)c(O)c1. The van der Waals surface area contributed by atoms with E-state index in [2.05, 4.69) is 15.8 Å². The Kier molecular flexibility index (Phi) is 7.04. The molecule has 0 aliphatic carbocycles. The monoisotopic (exact) mass is 343 g/mol. The molecule has 2 rings (SSSR count). The number of nitrogens with one attached hydrogen (secondary N) is 2. The molecule has 126 valence electrons. The van der Waals surface area contributed by atoms with Crippen molar-refractivity contribution in [3.63, 3.8) is 0 Å². The van der Waals surface area contributed by atoms with Gasteiger partial charge in [0.05, 0.1) is 12.8 Å². The number of ether oxygens (including phenoxy) is 1. The van der Waals surface area contributed by atoms with Crippen LogP contribution in [0, 0.1) is 0 Å². The third-order valence-corrected chi connectivity index (χ3v) is 3.38. The minimum atomic E-state index is 0.109. The maximum Gasteiger partial charge on any atom is 0.187 e. The molecule has 0 aromatic heterocycles. The van der Waals surface area contributed by atoms with Gasteiger partial charge < -0.3 is 15.2 Å². The number of hydrogen-bond acceptors (Lipinski definition) is 4. The molecule has 2 aromatic rings. The van der Waals surface area contributed by atoms with Gasteiger partial charge in [0, 0.05) is 18.2 Å². The predicted molar refractivity (Wildman–Crippen MR) is 101 cm³/mol. The highest BCUT2D eigenvalue weighted by atomic mass is 32.1. The van der Waals surface area contributed by atoms with Crippen LogP contribution in [0.15, 0.2) is 53.6 Å². The molecule has 2 aromatic carbocycles. The van der Waals surface area contributed by atoms with Crippen LogP contribution in [0.2, 0.25) is 0 Å². The molecule has 0 saturated carbocycles. The molecule has 0 radical (unpaired) electrons. The fraction of sp³-hybridized carbons (Fsp3) is 0.222. The van der Waals surface area contributed by atoms with E-state index in [0.29, 0.717) is 29.6 Å². The smallest absolute Gasteiger partial charge is 0.187 e. The summed E-state index contributed by atoms with van der Waals surface area (Å²) < 4.78 is 5.46. The zero-order chi connectivity index (χ0) is 17.2. The normalized spacial score (nSPS) is 10.5. The predicted octanol–water partition coefficient (Wildman–Crippen LogP) is 3.18. The average molecular weight is 343 g/mol. The third-order valence-electron chi connectivity index (χ3n) is 3.14. The Morgan fingerprint density at radius 3 is 2.75 bits per heavy atom. The molecule has 0 aliphatic rings. The van der Waals surface area contributed by atoms with Gasteiger partial charge in [0.2, 0.25) is 0 Å². The summed E-state index contributed by atoms with van der Waals surface area (Å²) in [6, 6.07) is 15.1. The molecule has 24 heavy (non-hydrogen) atoms. The second kappa shape index (κ2) is 9.52. The van der Waals surface area contributed by atoms with Crippen molar-refractivity contribution in [2.45, 2.75) is 19.9 Å². The van der Waals surface area contributed by atoms with Gasteiger partial charge in [-0.15, -0.1) is 0 Å². The third kappa shape index (κ3) is 5.89. The molecule has 5 nitrogen and oxygen atoms in total. The summed E-state index contributed by atoms with van der Waals surface area (Å²) in [6.07, 6.45) is 2.43. The number of phenols is 1. The lowest BCUT2D eigenvalue weighted by Crippen LogP contribution is -2.31. The maximum atomic E-state index is 9.96. The van der Waals surface area contributed by atoms with Crippen molar-refractivity contribution in [2.75, 3.05) is 6.61 Å². The molecular weight excluding hydrogens is 322 g/mol. The molecule has 0 amide bonds. The summed E-state index contributed by atoms with van der Waals surface area (Å²) in [5.41, 5.74) is 4.44. The zero-order valence-corrected chi connectivity index (χ0v) is 14.3. The highest BCUT2D eigenvalue weighted by Gasteiger charge is 2.01. The Labute approximate surface area is 147 Å². The molecule has 0 fully saturated rings. The second-order valence-electron chi connectivity index (χ2n) is 5.11. The highest BCUT2D eigenvalue weighted by Crippen LogP contribution is 2.22. The van der Waals surface area contributed by atoms with Crippen LogP contribution in [0.25, 0.3) is 0 Å². The van der Waals surface area contributed by atoms with Crippen molar-refractivity contribution in [3.8, 4) is 11.5 Å². The first-order chi connectivity index (χ1) is 11.7. The summed E-state index contributed by atoms with van der Waals surface area (Å²) in [5.74, 6) is 0.747. The zero-order valence-electron chi connectivity index (χ0n) is 13.5. The second-order valence-corrected chi connectivity index (χ2v) is 5.52. The van der Waals surface area contributed by atoms with Gasteiger partial charge in [-0.05, 0) is 36.3 Å². The first-order valence-corrected chi connectivity index (χ1v) is 8.16. The van der Waals surface area contributed by atoms with Crippen LogP contribution in [0.3, 0.4) is 0 Å². The van der Waals surface area contributed by atoms with E-state index in [1.54, 1.807) is 18.2 Å². The Hall–Kier alpha value is -2.60. The number of rotatable bonds is 7. The molecule has 0 aliphatic heterocycles. The van der Waals surface area contributed by atoms with Gasteiger partial charge in [0.1, 0.15) is 11.5 Å². The largest absolute Gasteiger partial charge is 0.507 e. The summed E-state index contributed by atoms with van der Waals surface area (Å²) >= 11 is 5.15. The van der Waals surface area contributed by atoms with E-state index in [0.717, 1.165) is 12.0 Å². The van der Waals surface area contributed by atoms with E-state index < -0.39 is 0 Å². The molecule has 6 heteroatoms. The summed E-state index contributed by atoms with van der Waals surface area (Å²) in [7, 11) is 0. The number of thiocarbonyl (C=S) groups is 1. The van der Waals surface area contributed by atoms with Crippen LogP contribution in [0.5, 0.6) is 11.5 Å². The summed E-state index contributed by atoms with van der Waals surface area (Å²) in [6.45, 7) is 3.27. The fourth-order valence-corrected chi connectivity index (χ4v) is 2.05. The van der Waals surface area contributed by atoms with Gasteiger partial charge in [-0.25, -0.2) is 0 Å². The van der Waals surface area contributed by atoms with Crippen molar-refractivity contribution >= 4 is 23.5 Å². The molecular formula is C18H21N3O2S.